The number of pyridine rings is 1. The van der Waals surface area contributed by atoms with E-state index in [2.05, 4.69) is 10.6 Å². The van der Waals surface area contributed by atoms with E-state index in [4.69, 9.17) is 20.2 Å². The lowest BCUT2D eigenvalue weighted by molar-refractivity contribution is -0.133. The Morgan fingerprint density at radius 2 is 1.78 bits per heavy atom. The molecule has 1 amide bonds. The number of benzene rings is 2. The van der Waals surface area contributed by atoms with Gasteiger partial charge < -0.3 is 25.8 Å². The molecule has 2 heterocycles. The van der Waals surface area contributed by atoms with E-state index in [1.54, 1.807) is 19.2 Å². The first-order valence-corrected chi connectivity index (χ1v) is 11.5. The maximum absolute atomic E-state index is 12.1. The van der Waals surface area contributed by atoms with Gasteiger partial charge in [0.25, 0.3) is 5.91 Å². The summed E-state index contributed by atoms with van der Waals surface area (Å²) >= 11 is 0. The number of hydrogen-bond acceptors (Lipinski definition) is 7. The van der Waals surface area contributed by atoms with E-state index in [1.165, 1.54) is 0 Å². The fraction of sp³-hybridized carbons (Fsp3) is 0.222. The Morgan fingerprint density at radius 3 is 2.47 bits per heavy atom. The van der Waals surface area contributed by atoms with Gasteiger partial charge in [-0.3, -0.25) is 14.0 Å². The summed E-state index contributed by atoms with van der Waals surface area (Å²) in [6, 6.07) is 15.2. The van der Waals surface area contributed by atoms with Crippen LogP contribution in [0.5, 0.6) is 11.5 Å². The molecule has 9 nitrogen and oxygen atoms in total. The predicted octanol–water partition coefficient (Wildman–Crippen LogP) is 3.66. The van der Waals surface area contributed by atoms with Crippen molar-refractivity contribution in [1.82, 2.24) is 14.7 Å². The number of nitrogens with zero attached hydrogens (tertiary/aromatic N) is 2. The average Bonchev–Trinajstić information content (AvgIpc) is 3.17. The van der Waals surface area contributed by atoms with Crippen LogP contribution in [0.3, 0.4) is 0 Å². The smallest absolute Gasteiger partial charge is 0.325 e. The summed E-state index contributed by atoms with van der Waals surface area (Å²) in [5.74, 6) is 0.281. The summed E-state index contributed by atoms with van der Waals surface area (Å²) in [6.45, 7) is 5.66. The van der Waals surface area contributed by atoms with Crippen molar-refractivity contribution in [3.05, 3.63) is 71.4 Å². The molecular formula is C27H29N5O4. The second-order valence-electron chi connectivity index (χ2n) is 8.50. The molecule has 2 aromatic heterocycles. The number of primary amides is 1. The van der Waals surface area contributed by atoms with Crippen molar-refractivity contribution in [2.24, 2.45) is 5.73 Å². The number of rotatable bonds is 9. The molecular weight excluding hydrogens is 458 g/mol. The van der Waals surface area contributed by atoms with Crippen LogP contribution in [0.1, 0.15) is 16.7 Å². The Morgan fingerprint density at radius 1 is 1.03 bits per heavy atom. The molecule has 0 aliphatic heterocycles. The van der Waals surface area contributed by atoms with E-state index in [1.807, 2.05) is 67.8 Å². The number of nitrogens with two attached hydrogens (primary N) is 1. The number of anilines is 2. The van der Waals surface area contributed by atoms with Crippen molar-refractivity contribution in [2.45, 2.75) is 20.8 Å². The zero-order valence-electron chi connectivity index (χ0n) is 20.7. The number of hydrogen-bond donors (Lipinski definition) is 3. The van der Waals surface area contributed by atoms with Gasteiger partial charge in [-0.15, -0.1) is 0 Å². The van der Waals surface area contributed by atoms with Crippen molar-refractivity contribution in [1.29, 1.82) is 0 Å². The van der Waals surface area contributed by atoms with Crippen molar-refractivity contribution in [2.75, 3.05) is 25.5 Å². The lowest BCUT2D eigenvalue weighted by Gasteiger charge is -2.17. The molecule has 0 saturated carbocycles. The second kappa shape index (κ2) is 10.5. The third kappa shape index (κ3) is 5.16. The molecule has 0 bridgehead atoms. The minimum absolute atomic E-state index is 0.0502. The first-order chi connectivity index (χ1) is 17.3. The first kappa shape index (κ1) is 24.7. The minimum atomic E-state index is -0.625. The van der Waals surface area contributed by atoms with Crippen molar-refractivity contribution < 1.29 is 19.1 Å². The summed E-state index contributed by atoms with van der Waals surface area (Å²) in [4.78, 5) is 28.5. The largest absolute Gasteiger partial charge is 0.483 e. The third-order valence-electron chi connectivity index (χ3n) is 5.69. The number of carbonyl (C=O) groups excluding carboxylic acids is 2. The average molecular weight is 488 g/mol. The number of nitrogens with one attached hydrogen (secondary N) is 2. The topological polar surface area (TPSA) is 120 Å². The number of imidazole rings is 1. The SMILES string of the molecule is CNCC(=O)Oc1cc(C)c(-c2nc3ccccn3c2Nc2c(C)cccc2C)c(OCC(N)=O)c1. The van der Waals surface area contributed by atoms with Crippen LogP contribution in [-0.2, 0) is 9.59 Å². The van der Waals surface area contributed by atoms with Gasteiger partial charge in [-0.2, -0.15) is 0 Å². The van der Waals surface area contributed by atoms with Gasteiger partial charge in [0, 0.05) is 23.5 Å². The van der Waals surface area contributed by atoms with Gasteiger partial charge in [0.05, 0.1) is 6.54 Å². The van der Waals surface area contributed by atoms with Gasteiger partial charge in [0.15, 0.2) is 6.61 Å². The maximum atomic E-state index is 12.1. The minimum Gasteiger partial charge on any atom is -0.483 e. The molecule has 2 aromatic carbocycles. The van der Waals surface area contributed by atoms with E-state index >= 15 is 0 Å². The van der Waals surface area contributed by atoms with E-state index < -0.39 is 11.9 Å². The number of para-hydroxylation sites is 1. The highest BCUT2D eigenvalue weighted by Gasteiger charge is 2.23. The molecule has 36 heavy (non-hydrogen) atoms. The van der Waals surface area contributed by atoms with Crippen LogP contribution < -0.4 is 25.8 Å². The van der Waals surface area contributed by atoms with Crippen molar-refractivity contribution in [3.8, 4) is 22.8 Å². The van der Waals surface area contributed by atoms with Crippen molar-refractivity contribution >= 4 is 29.0 Å². The normalized spacial score (nSPS) is 10.9. The summed E-state index contributed by atoms with van der Waals surface area (Å²) in [5.41, 5.74) is 11.3. The van der Waals surface area contributed by atoms with Gasteiger partial charge in [0.1, 0.15) is 28.7 Å². The van der Waals surface area contributed by atoms with E-state index in [0.717, 1.165) is 33.8 Å². The quantitative estimate of drug-likeness (QED) is 0.243. The molecule has 0 atom stereocenters. The Hall–Kier alpha value is -4.37. The number of amides is 1. The summed E-state index contributed by atoms with van der Waals surface area (Å²) in [7, 11) is 1.66. The molecule has 0 radical (unpaired) electrons. The van der Waals surface area contributed by atoms with Crippen LogP contribution in [0.15, 0.2) is 54.7 Å². The van der Waals surface area contributed by atoms with Gasteiger partial charge in [-0.05, 0) is 62.7 Å². The van der Waals surface area contributed by atoms with Gasteiger partial charge >= 0.3 is 5.97 Å². The Labute approximate surface area is 209 Å². The van der Waals surface area contributed by atoms with Gasteiger partial charge in [-0.25, -0.2) is 4.98 Å². The predicted molar refractivity (Wildman–Crippen MR) is 139 cm³/mol. The molecule has 0 unspecified atom stereocenters. The summed E-state index contributed by atoms with van der Waals surface area (Å²) in [6.07, 6.45) is 1.93. The number of carbonyl (C=O) groups is 2. The Kier molecular flexibility index (Phi) is 7.21. The highest BCUT2D eigenvalue weighted by atomic mass is 16.5. The molecule has 4 rings (SSSR count). The molecule has 186 valence electrons. The standard InChI is InChI=1S/C27H29N5O4/c1-16-8-7-9-17(2)25(16)31-27-26(30-22-10-5-6-11-32(22)27)24-18(3)12-19(36-23(34)14-29-4)13-20(24)35-15-21(28)33/h5-13,29,31H,14-15H2,1-4H3,(H2,28,33). The molecule has 0 saturated heterocycles. The monoisotopic (exact) mass is 487 g/mol. The van der Waals surface area contributed by atoms with Crippen LogP contribution in [-0.4, -0.2) is 41.5 Å². The molecule has 4 N–H and O–H groups in total. The molecule has 0 spiro atoms. The fourth-order valence-electron chi connectivity index (χ4n) is 4.08. The zero-order valence-corrected chi connectivity index (χ0v) is 20.7. The van der Waals surface area contributed by atoms with Crippen LogP contribution in [0.2, 0.25) is 0 Å². The van der Waals surface area contributed by atoms with Gasteiger partial charge in [-0.1, -0.05) is 24.3 Å². The Balaban J connectivity index is 1.90. The number of ether oxygens (including phenoxy) is 2. The van der Waals surface area contributed by atoms with Crippen molar-refractivity contribution in [3.63, 3.8) is 0 Å². The zero-order chi connectivity index (χ0) is 25.8. The van der Waals surface area contributed by atoms with E-state index in [0.29, 0.717) is 22.8 Å². The Bertz CT molecular complexity index is 1420. The number of aromatic nitrogens is 2. The van der Waals surface area contributed by atoms with Gasteiger partial charge in [0.2, 0.25) is 0 Å². The fourth-order valence-corrected chi connectivity index (χ4v) is 4.08. The van der Waals surface area contributed by atoms with Crippen LogP contribution in [0.25, 0.3) is 16.9 Å². The molecule has 0 aliphatic carbocycles. The number of aryl methyl sites for hydroxylation is 3. The van der Waals surface area contributed by atoms with Crippen LogP contribution in [0, 0.1) is 20.8 Å². The number of fused-ring (bicyclic) bond motifs is 1. The molecule has 0 aliphatic rings. The van der Waals surface area contributed by atoms with E-state index in [9.17, 15) is 9.59 Å². The second-order valence-corrected chi connectivity index (χ2v) is 8.50. The lowest BCUT2D eigenvalue weighted by Crippen LogP contribution is -2.23. The molecule has 9 heteroatoms. The van der Waals surface area contributed by atoms with E-state index in [-0.39, 0.29) is 13.2 Å². The maximum Gasteiger partial charge on any atom is 0.325 e. The summed E-state index contributed by atoms with van der Waals surface area (Å²) < 4.78 is 13.2. The third-order valence-corrected chi connectivity index (χ3v) is 5.69. The first-order valence-electron chi connectivity index (χ1n) is 11.5. The molecule has 4 aromatic rings. The summed E-state index contributed by atoms with van der Waals surface area (Å²) in [5, 5.41) is 6.33. The lowest BCUT2D eigenvalue weighted by atomic mass is 10.0. The molecule has 0 fully saturated rings. The van der Waals surface area contributed by atoms with Crippen LogP contribution >= 0.6 is 0 Å². The number of esters is 1. The highest BCUT2D eigenvalue weighted by Crippen LogP contribution is 2.41. The highest BCUT2D eigenvalue weighted by molar-refractivity contribution is 5.87. The van der Waals surface area contributed by atoms with Crippen LogP contribution in [0.4, 0.5) is 11.5 Å². The number of likely N-dealkylation sites (N-methyl/N-ethyl adjacent to an activating group) is 1.